The largest absolute Gasteiger partial charge is 0.507 e. The fourth-order valence-electron chi connectivity index (χ4n) is 3.88. The van der Waals surface area contributed by atoms with Crippen molar-refractivity contribution in [1.29, 1.82) is 0 Å². The number of hydrogen-bond acceptors (Lipinski definition) is 2. The van der Waals surface area contributed by atoms with Crippen LogP contribution in [0.15, 0.2) is 103 Å². The van der Waals surface area contributed by atoms with Crippen LogP contribution in [-0.4, -0.2) is 12.2 Å². The van der Waals surface area contributed by atoms with Gasteiger partial charge in [-0.3, -0.25) is 0 Å². The summed E-state index contributed by atoms with van der Waals surface area (Å²) in [5.74, 6) is 1.21. The summed E-state index contributed by atoms with van der Waals surface area (Å²) in [7, 11) is 1.70. The monoisotopic (exact) mass is 380 g/mol. The lowest BCUT2D eigenvalue weighted by atomic mass is 9.84. The van der Waals surface area contributed by atoms with Gasteiger partial charge in [-0.1, -0.05) is 97.1 Å². The van der Waals surface area contributed by atoms with Crippen molar-refractivity contribution in [3.63, 3.8) is 0 Å². The number of phenols is 1. The Morgan fingerprint density at radius 3 is 2.10 bits per heavy atom. The Hall–Kier alpha value is -3.52. The van der Waals surface area contributed by atoms with Crippen molar-refractivity contribution in [2.45, 2.75) is 12.3 Å². The minimum atomic E-state index is 0.0103. The van der Waals surface area contributed by atoms with Gasteiger partial charge in [0.25, 0.3) is 0 Å². The summed E-state index contributed by atoms with van der Waals surface area (Å²) >= 11 is 0. The number of ether oxygens (including phenoxy) is 1. The van der Waals surface area contributed by atoms with Crippen LogP contribution in [0.2, 0.25) is 0 Å². The third-order valence-electron chi connectivity index (χ3n) is 5.35. The summed E-state index contributed by atoms with van der Waals surface area (Å²) in [6.45, 7) is 0. The van der Waals surface area contributed by atoms with E-state index in [4.69, 9.17) is 4.74 Å². The summed E-state index contributed by atoms with van der Waals surface area (Å²) in [4.78, 5) is 0. The number of aromatic hydroxyl groups is 1. The topological polar surface area (TPSA) is 29.5 Å². The minimum Gasteiger partial charge on any atom is -0.507 e. The molecule has 0 aliphatic rings. The van der Waals surface area contributed by atoms with Crippen LogP contribution in [0, 0.1) is 0 Å². The van der Waals surface area contributed by atoms with Crippen LogP contribution in [0.1, 0.15) is 22.6 Å². The van der Waals surface area contributed by atoms with Gasteiger partial charge in [0.1, 0.15) is 11.5 Å². The zero-order valence-electron chi connectivity index (χ0n) is 16.5. The minimum absolute atomic E-state index is 0.0103. The van der Waals surface area contributed by atoms with Crippen LogP contribution < -0.4 is 4.74 Å². The van der Waals surface area contributed by atoms with Crippen molar-refractivity contribution in [2.75, 3.05) is 7.11 Å². The molecule has 0 heterocycles. The maximum Gasteiger partial charge on any atom is 0.127 e. The summed E-state index contributed by atoms with van der Waals surface area (Å²) in [5, 5.41) is 11.2. The van der Waals surface area contributed by atoms with Gasteiger partial charge in [0.15, 0.2) is 0 Å². The lowest BCUT2D eigenvalue weighted by Crippen LogP contribution is -2.07. The van der Waals surface area contributed by atoms with E-state index in [1.165, 1.54) is 5.56 Å². The Morgan fingerprint density at radius 2 is 1.38 bits per heavy atom. The molecule has 4 aromatic rings. The molecule has 0 radical (unpaired) electrons. The first kappa shape index (κ1) is 18.8. The average molecular weight is 380 g/mol. The molecule has 4 rings (SSSR count). The average Bonchev–Trinajstić information content (AvgIpc) is 2.79. The third-order valence-corrected chi connectivity index (χ3v) is 5.35. The number of benzene rings is 4. The Labute approximate surface area is 172 Å². The van der Waals surface area contributed by atoms with Crippen LogP contribution in [0.25, 0.3) is 11.1 Å². The van der Waals surface area contributed by atoms with Gasteiger partial charge in [-0.2, -0.15) is 0 Å². The maximum atomic E-state index is 11.2. The molecule has 0 aliphatic heterocycles. The van der Waals surface area contributed by atoms with E-state index in [9.17, 15) is 5.11 Å². The van der Waals surface area contributed by atoms with E-state index < -0.39 is 0 Å². The van der Waals surface area contributed by atoms with Crippen molar-refractivity contribution in [3.05, 3.63) is 120 Å². The molecule has 0 fully saturated rings. The van der Waals surface area contributed by atoms with Crippen molar-refractivity contribution < 1.29 is 9.84 Å². The van der Waals surface area contributed by atoms with E-state index in [-0.39, 0.29) is 5.92 Å². The van der Waals surface area contributed by atoms with Gasteiger partial charge in [-0.05, 0) is 29.2 Å². The van der Waals surface area contributed by atoms with Crippen molar-refractivity contribution >= 4 is 0 Å². The molecular formula is C27H24O2. The van der Waals surface area contributed by atoms with Crippen molar-refractivity contribution in [2.24, 2.45) is 0 Å². The molecular weight excluding hydrogens is 356 g/mol. The molecule has 4 aromatic carbocycles. The van der Waals surface area contributed by atoms with Crippen LogP contribution in [0.4, 0.5) is 0 Å². The fourth-order valence-corrected chi connectivity index (χ4v) is 3.88. The van der Waals surface area contributed by atoms with E-state index in [2.05, 4.69) is 18.2 Å². The Balaban J connectivity index is 1.82. The highest BCUT2D eigenvalue weighted by Gasteiger charge is 2.21. The van der Waals surface area contributed by atoms with E-state index in [0.717, 1.165) is 34.4 Å². The molecule has 0 aromatic heterocycles. The SMILES string of the molecule is COc1ccccc1CC(c1ccccc1)c1cccc(-c2ccccc2)c1O. The summed E-state index contributed by atoms with van der Waals surface area (Å²) < 4.78 is 5.58. The molecule has 2 heteroatoms. The van der Waals surface area contributed by atoms with Gasteiger partial charge >= 0.3 is 0 Å². The van der Waals surface area contributed by atoms with Gasteiger partial charge < -0.3 is 9.84 Å². The molecule has 1 N–H and O–H groups in total. The first-order valence-corrected chi connectivity index (χ1v) is 9.82. The standard InChI is InChI=1S/C27H24O2/c1-29-26-18-9-8-15-22(26)19-25(21-13-6-3-7-14-21)24-17-10-16-23(27(24)28)20-11-4-2-5-12-20/h2-18,25,28H,19H2,1H3. The van der Waals surface area contributed by atoms with Crippen molar-refractivity contribution in [1.82, 2.24) is 0 Å². The first-order valence-electron chi connectivity index (χ1n) is 9.82. The second-order valence-corrected chi connectivity index (χ2v) is 7.09. The predicted molar refractivity (Wildman–Crippen MR) is 119 cm³/mol. The molecule has 0 amide bonds. The Morgan fingerprint density at radius 1 is 0.724 bits per heavy atom. The zero-order chi connectivity index (χ0) is 20.1. The van der Waals surface area contributed by atoms with Crippen molar-refractivity contribution in [3.8, 4) is 22.6 Å². The number of methoxy groups -OCH3 is 1. The van der Waals surface area contributed by atoms with E-state index in [0.29, 0.717) is 5.75 Å². The number of hydrogen-bond donors (Lipinski definition) is 1. The fraction of sp³-hybridized carbons (Fsp3) is 0.111. The normalized spacial score (nSPS) is 11.8. The van der Waals surface area contributed by atoms with E-state index in [1.807, 2.05) is 84.9 Å². The van der Waals surface area contributed by atoms with Gasteiger partial charge in [0.05, 0.1) is 7.11 Å². The maximum absolute atomic E-state index is 11.2. The van der Waals surface area contributed by atoms with E-state index in [1.54, 1.807) is 7.11 Å². The molecule has 0 saturated heterocycles. The first-order chi connectivity index (χ1) is 14.3. The van der Waals surface area contributed by atoms with Crippen LogP contribution in [-0.2, 0) is 6.42 Å². The highest BCUT2D eigenvalue weighted by Crippen LogP contribution is 2.40. The second kappa shape index (κ2) is 8.66. The van der Waals surface area contributed by atoms with Gasteiger partial charge in [0.2, 0.25) is 0 Å². The van der Waals surface area contributed by atoms with Crippen LogP contribution >= 0.6 is 0 Å². The summed E-state index contributed by atoms with van der Waals surface area (Å²) in [6.07, 6.45) is 0.736. The molecule has 1 atom stereocenters. The summed E-state index contributed by atoms with van der Waals surface area (Å²) in [6, 6.07) is 34.5. The Kier molecular flexibility index (Phi) is 5.62. The number of para-hydroxylation sites is 2. The van der Waals surface area contributed by atoms with Gasteiger partial charge in [0, 0.05) is 17.0 Å². The highest BCUT2D eigenvalue weighted by molar-refractivity contribution is 5.72. The van der Waals surface area contributed by atoms with Gasteiger partial charge in [-0.25, -0.2) is 0 Å². The lowest BCUT2D eigenvalue weighted by Gasteiger charge is -2.22. The molecule has 0 saturated carbocycles. The molecule has 144 valence electrons. The molecule has 2 nitrogen and oxygen atoms in total. The number of rotatable bonds is 6. The van der Waals surface area contributed by atoms with Crippen LogP contribution in [0.3, 0.4) is 0 Å². The molecule has 1 unspecified atom stereocenters. The second-order valence-electron chi connectivity index (χ2n) is 7.09. The van der Waals surface area contributed by atoms with Crippen LogP contribution in [0.5, 0.6) is 11.5 Å². The third kappa shape index (κ3) is 4.02. The summed E-state index contributed by atoms with van der Waals surface area (Å²) in [5.41, 5.74) is 5.07. The lowest BCUT2D eigenvalue weighted by molar-refractivity contribution is 0.408. The molecule has 0 bridgehead atoms. The molecule has 0 spiro atoms. The van der Waals surface area contributed by atoms with E-state index >= 15 is 0 Å². The quantitative estimate of drug-likeness (QED) is 0.417. The zero-order valence-corrected chi connectivity index (χ0v) is 16.5. The highest BCUT2D eigenvalue weighted by atomic mass is 16.5. The number of phenolic OH excluding ortho intramolecular Hbond substituents is 1. The molecule has 29 heavy (non-hydrogen) atoms. The smallest absolute Gasteiger partial charge is 0.127 e. The molecule has 0 aliphatic carbocycles. The Bertz CT molecular complexity index is 1070. The predicted octanol–water partition coefficient (Wildman–Crippen LogP) is 6.44. The van der Waals surface area contributed by atoms with Gasteiger partial charge in [-0.15, -0.1) is 0 Å².